The van der Waals surface area contributed by atoms with Gasteiger partial charge in [-0.05, 0) is 50.9 Å². The quantitative estimate of drug-likeness (QED) is 0.775. The molecular formula is C20H33N3OS. The van der Waals surface area contributed by atoms with Crippen LogP contribution in [0.25, 0.3) is 0 Å². The summed E-state index contributed by atoms with van der Waals surface area (Å²) < 4.78 is 0. The van der Waals surface area contributed by atoms with Crippen molar-refractivity contribution in [2.24, 2.45) is 5.92 Å². The van der Waals surface area contributed by atoms with Crippen LogP contribution in [-0.2, 0) is 17.9 Å². The summed E-state index contributed by atoms with van der Waals surface area (Å²) in [6, 6.07) is 4.55. The van der Waals surface area contributed by atoms with E-state index in [1.807, 2.05) is 16.2 Å². The Morgan fingerprint density at radius 1 is 1.04 bits per heavy atom. The molecule has 0 bridgehead atoms. The minimum atomic E-state index is 0.000134. The molecular weight excluding hydrogens is 330 g/mol. The van der Waals surface area contributed by atoms with Gasteiger partial charge in [0.2, 0.25) is 5.91 Å². The van der Waals surface area contributed by atoms with Gasteiger partial charge in [0.05, 0.1) is 6.04 Å². The molecule has 2 aliphatic heterocycles. The summed E-state index contributed by atoms with van der Waals surface area (Å²) in [7, 11) is 0. The van der Waals surface area contributed by atoms with Crippen LogP contribution in [0.1, 0.15) is 49.8 Å². The van der Waals surface area contributed by atoms with Gasteiger partial charge in [0.25, 0.3) is 0 Å². The summed E-state index contributed by atoms with van der Waals surface area (Å²) in [5.74, 6) is 0.836. The number of thiophene rings is 1. The van der Waals surface area contributed by atoms with Crippen LogP contribution in [-0.4, -0.2) is 59.4 Å². The van der Waals surface area contributed by atoms with E-state index in [1.54, 1.807) is 0 Å². The molecule has 0 saturated carbocycles. The van der Waals surface area contributed by atoms with Crippen molar-refractivity contribution in [3.63, 3.8) is 0 Å². The van der Waals surface area contributed by atoms with Crippen LogP contribution in [0.2, 0.25) is 0 Å². The fourth-order valence-corrected chi connectivity index (χ4v) is 5.03. The number of hydrogen-bond acceptors (Lipinski definition) is 4. The van der Waals surface area contributed by atoms with E-state index < -0.39 is 0 Å². The number of nitrogens with zero attached hydrogens (tertiary/aromatic N) is 3. The molecule has 2 saturated heterocycles. The summed E-state index contributed by atoms with van der Waals surface area (Å²) in [4.78, 5) is 22.4. The normalized spacial score (nSPS) is 23.6. The number of piperazine rings is 1. The van der Waals surface area contributed by atoms with Crippen molar-refractivity contribution < 1.29 is 4.79 Å². The first-order valence-corrected chi connectivity index (χ1v) is 10.7. The van der Waals surface area contributed by atoms with Gasteiger partial charge in [-0.3, -0.25) is 14.6 Å². The third-order valence-electron chi connectivity index (χ3n) is 5.36. The molecule has 0 aromatic carbocycles. The van der Waals surface area contributed by atoms with E-state index in [1.165, 1.54) is 42.1 Å². The number of carbonyl (C=O) groups is 1. The van der Waals surface area contributed by atoms with Crippen LogP contribution < -0.4 is 0 Å². The van der Waals surface area contributed by atoms with Crippen molar-refractivity contribution in [2.75, 3.05) is 32.7 Å². The molecule has 5 heteroatoms. The first-order chi connectivity index (χ1) is 12.0. The van der Waals surface area contributed by atoms with Gasteiger partial charge in [-0.2, -0.15) is 0 Å². The van der Waals surface area contributed by atoms with Crippen molar-refractivity contribution in [1.29, 1.82) is 0 Å². The Morgan fingerprint density at radius 3 is 2.40 bits per heavy atom. The molecule has 0 aliphatic carbocycles. The maximum Gasteiger partial charge on any atom is 0.239 e. The lowest BCUT2D eigenvalue weighted by Crippen LogP contribution is -2.55. The Balaban J connectivity index is 1.53. The third-order valence-corrected chi connectivity index (χ3v) is 6.42. The Labute approximate surface area is 156 Å². The van der Waals surface area contributed by atoms with Crippen molar-refractivity contribution in [3.05, 3.63) is 21.9 Å². The minimum absolute atomic E-state index is 0.000134. The van der Waals surface area contributed by atoms with Gasteiger partial charge in [-0.15, -0.1) is 11.3 Å². The molecule has 2 fully saturated rings. The molecule has 1 aromatic heterocycles. The molecule has 0 spiro atoms. The van der Waals surface area contributed by atoms with Gasteiger partial charge >= 0.3 is 0 Å². The van der Waals surface area contributed by atoms with E-state index in [0.717, 1.165) is 32.7 Å². The van der Waals surface area contributed by atoms with E-state index in [2.05, 4.69) is 42.7 Å². The molecule has 3 rings (SSSR count). The van der Waals surface area contributed by atoms with Crippen molar-refractivity contribution >= 4 is 17.2 Å². The van der Waals surface area contributed by atoms with Crippen LogP contribution in [0.4, 0.5) is 0 Å². The summed E-state index contributed by atoms with van der Waals surface area (Å²) >= 11 is 1.93. The number of carbonyl (C=O) groups excluding carboxylic acids is 1. The lowest BCUT2D eigenvalue weighted by Gasteiger charge is -2.39. The zero-order valence-electron chi connectivity index (χ0n) is 16.0. The highest BCUT2D eigenvalue weighted by Crippen LogP contribution is 2.24. The molecule has 0 N–H and O–H groups in total. The van der Waals surface area contributed by atoms with Gasteiger partial charge in [0.15, 0.2) is 0 Å². The molecule has 1 atom stereocenters. The van der Waals surface area contributed by atoms with Crippen LogP contribution in [0.5, 0.6) is 0 Å². The molecule has 1 aromatic rings. The number of hydrogen-bond donors (Lipinski definition) is 0. The highest BCUT2D eigenvalue weighted by Gasteiger charge is 2.31. The Kier molecular flexibility index (Phi) is 6.53. The topological polar surface area (TPSA) is 26.8 Å². The van der Waals surface area contributed by atoms with E-state index in [9.17, 15) is 4.79 Å². The van der Waals surface area contributed by atoms with Crippen molar-refractivity contribution in [3.8, 4) is 0 Å². The lowest BCUT2D eigenvalue weighted by molar-refractivity contribution is -0.141. The molecule has 2 aliphatic rings. The minimum Gasteiger partial charge on any atom is -0.340 e. The molecule has 140 valence electrons. The van der Waals surface area contributed by atoms with E-state index in [0.29, 0.717) is 11.8 Å². The Hall–Kier alpha value is -0.910. The van der Waals surface area contributed by atoms with Gasteiger partial charge in [0.1, 0.15) is 0 Å². The summed E-state index contributed by atoms with van der Waals surface area (Å²) in [6.07, 6.45) is 4.08. The monoisotopic (exact) mass is 363 g/mol. The lowest BCUT2D eigenvalue weighted by atomic mass is 10.1. The Bertz CT molecular complexity index is 565. The highest BCUT2D eigenvalue weighted by molar-refractivity contribution is 7.11. The first kappa shape index (κ1) is 18.9. The maximum absolute atomic E-state index is 12.6. The second kappa shape index (κ2) is 8.65. The fourth-order valence-electron chi connectivity index (χ4n) is 3.94. The number of amides is 1. The van der Waals surface area contributed by atoms with Crippen LogP contribution in [0, 0.1) is 5.92 Å². The number of piperidine rings is 1. The largest absolute Gasteiger partial charge is 0.340 e. The van der Waals surface area contributed by atoms with Crippen LogP contribution >= 0.6 is 11.3 Å². The molecule has 4 nitrogen and oxygen atoms in total. The van der Waals surface area contributed by atoms with Crippen molar-refractivity contribution in [2.45, 2.75) is 59.2 Å². The standard InChI is InChI=1S/C20H33N3OS/c1-16(2)13-23-12-11-22(17(3)20(23)24)15-19-8-7-18(25-19)14-21-9-5-4-6-10-21/h7-8,16-17H,4-6,9-15H2,1-3H3. The number of likely N-dealkylation sites (tertiary alicyclic amines) is 1. The predicted octanol–water partition coefficient (Wildman–Crippen LogP) is 3.42. The third kappa shape index (κ3) is 5.05. The van der Waals surface area contributed by atoms with Gasteiger partial charge < -0.3 is 4.90 Å². The zero-order chi connectivity index (χ0) is 17.8. The van der Waals surface area contributed by atoms with E-state index >= 15 is 0 Å². The predicted molar refractivity (Wildman–Crippen MR) is 105 cm³/mol. The zero-order valence-corrected chi connectivity index (χ0v) is 16.9. The van der Waals surface area contributed by atoms with Gasteiger partial charge in [-0.1, -0.05) is 20.3 Å². The van der Waals surface area contributed by atoms with Crippen molar-refractivity contribution in [1.82, 2.24) is 14.7 Å². The highest BCUT2D eigenvalue weighted by atomic mass is 32.1. The first-order valence-electron chi connectivity index (χ1n) is 9.85. The van der Waals surface area contributed by atoms with Crippen LogP contribution in [0.15, 0.2) is 12.1 Å². The fraction of sp³-hybridized carbons (Fsp3) is 0.750. The molecule has 1 amide bonds. The van der Waals surface area contributed by atoms with Gasteiger partial charge in [0, 0.05) is 42.5 Å². The van der Waals surface area contributed by atoms with E-state index in [4.69, 9.17) is 0 Å². The summed E-state index contributed by atoms with van der Waals surface area (Å²) in [6.45, 7) is 13.7. The van der Waals surface area contributed by atoms with Gasteiger partial charge in [-0.25, -0.2) is 0 Å². The number of rotatable bonds is 6. The smallest absolute Gasteiger partial charge is 0.239 e. The van der Waals surface area contributed by atoms with E-state index in [-0.39, 0.29) is 6.04 Å². The van der Waals surface area contributed by atoms with Crippen LogP contribution in [0.3, 0.4) is 0 Å². The second-order valence-corrected chi connectivity index (χ2v) is 9.28. The second-order valence-electron chi connectivity index (χ2n) is 8.03. The summed E-state index contributed by atoms with van der Waals surface area (Å²) in [5, 5.41) is 0. The Morgan fingerprint density at radius 2 is 1.72 bits per heavy atom. The summed E-state index contributed by atoms with van der Waals surface area (Å²) in [5.41, 5.74) is 0. The molecule has 1 unspecified atom stereocenters. The molecule has 3 heterocycles. The average molecular weight is 364 g/mol. The SMILES string of the molecule is CC(C)CN1CCN(Cc2ccc(CN3CCCCC3)s2)C(C)C1=O. The molecule has 0 radical (unpaired) electrons. The molecule has 25 heavy (non-hydrogen) atoms. The average Bonchev–Trinajstić information content (AvgIpc) is 3.02. The maximum atomic E-state index is 12.6.